The molecule has 90 valence electrons. The Bertz CT molecular complexity index is 595. The van der Waals surface area contributed by atoms with Crippen molar-refractivity contribution in [2.45, 2.75) is 6.92 Å². The highest BCUT2D eigenvalue weighted by Crippen LogP contribution is 2.33. The summed E-state index contributed by atoms with van der Waals surface area (Å²) in [6, 6.07) is 3.51. The van der Waals surface area contributed by atoms with Crippen LogP contribution < -0.4 is 5.73 Å². The summed E-state index contributed by atoms with van der Waals surface area (Å²) in [4.78, 5) is 14.7. The number of nitrogen functional groups attached to an aromatic ring is 1. The zero-order chi connectivity index (χ0) is 12.6. The predicted molar refractivity (Wildman–Crippen MR) is 71.4 cm³/mol. The first-order chi connectivity index (χ1) is 8.04. The summed E-state index contributed by atoms with van der Waals surface area (Å²) in [6.07, 6.45) is 0. The highest BCUT2D eigenvalue weighted by molar-refractivity contribution is 9.10. The summed E-state index contributed by atoms with van der Waals surface area (Å²) in [5.74, 6) is -0.209. The molecular weight excluding hydrogens is 307 g/mol. The summed E-state index contributed by atoms with van der Waals surface area (Å²) in [5, 5.41) is 1.04. The lowest BCUT2D eigenvalue weighted by Crippen LogP contribution is -2.06. The zero-order valence-electron chi connectivity index (χ0n) is 9.01. The van der Waals surface area contributed by atoms with Gasteiger partial charge in [0.1, 0.15) is 11.4 Å². The van der Waals surface area contributed by atoms with Crippen molar-refractivity contribution in [3.05, 3.63) is 27.2 Å². The smallest absolute Gasteiger partial charge is 0.342 e. The number of carbonyl (C=O) groups is 1. The van der Waals surface area contributed by atoms with E-state index in [0.29, 0.717) is 28.1 Å². The molecule has 4 nitrogen and oxygen atoms in total. The van der Waals surface area contributed by atoms with Crippen LogP contribution >= 0.6 is 27.5 Å². The first-order valence-electron chi connectivity index (χ1n) is 4.98. The van der Waals surface area contributed by atoms with E-state index in [1.54, 1.807) is 19.1 Å². The Morgan fingerprint density at radius 1 is 1.59 bits per heavy atom. The molecular formula is C11H10BrClN2O2. The number of H-pyrrole nitrogens is 1. The van der Waals surface area contributed by atoms with E-state index in [9.17, 15) is 4.79 Å². The standard InChI is InChI=1S/C11H10BrClN2O2/c1-2-17-11(16)9-8-6(13)3-5(12)4-7(8)15-10(9)14/h3-4,15H,2,14H2,1H3. The van der Waals surface area contributed by atoms with Gasteiger partial charge in [-0.25, -0.2) is 4.79 Å². The lowest BCUT2D eigenvalue weighted by Gasteiger charge is -2.02. The van der Waals surface area contributed by atoms with Crippen LogP contribution in [0.3, 0.4) is 0 Å². The molecule has 0 saturated heterocycles. The van der Waals surface area contributed by atoms with Gasteiger partial charge >= 0.3 is 5.97 Å². The molecule has 0 fully saturated rings. The van der Waals surface area contributed by atoms with E-state index >= 15 is 0 Å². The van der Waals surface area contributed by atoms with Crippen LogP contribution in [0.1, 0.15) is 17.3 Å². The highest BCUT2D eigenvalue weighted by Gasteiger charge is 2.20. The van der Waals surface area contributed by atoms with Crippen LogP contribution in [0.15, 0.2) is 16.6 Å². The fourth-order valence-corrected chi connectivity index (χ4v) is 2.59. The van der Waals surface area contributed by atoms with Crippen LogP contribution in [-0.2, 0) is 4.74 Å². The lowest BCUT2D eigenvalue weighted by molar-refractivity contribution is 0.0530. The summed E-state index contributed by atoms with van der Waals surface area (Å²) < 4.78 is 5.76. The average Bonchev–Trinajstić information content (AvgIpc) is 2.54. The van der Waals surface area contributed by atoms with Gasteiger partial charge in [-0.05, 0) is 19.1 Å². The van der Waals surface area contributed by atoms with Crippen LogP contribution in [0.5, 0.6) is 0 Å². The van der Waals surface area contributed by atoms with Gasteiger partial charge in [-0.3, -0.25) is 0 Å². The van der Waals surface area contributed by atoms with Gasteiger partial charge < -0.3 is 15.5 Å². The van der Waals surface area contributed by atoms with E-state index in [-0.39, 0.29) is 5.82 Å². The van der Waals surface area contributed by atoms with Gasteiger partial charge in [-0.15, -0.1) is 0 Å². The minimum absolute atomic E-state index is 0.262. The Kier molecular flexibility index (Phi) is 3.31. The zero-order valence-corrected chi connectivity index (χ0v) is 11.4. The minimum atomic E-state index is -0.472. The van der Waals surface area contributed by atoms with Crippen molar-refractivity contribution in [3.8, 4) is 0 Å². The first-order valence-corrected chi connectivity index (χ1v) is 6.15. The molecule has 0 bridgehead atoms. The SMILES string of the molecule is CCOC(=O)c1c(N)[nH]c2cc(Br)cc(Cl)c12. The van der Waals surface area contributed by atoms with Crippen molar-refractivity contribution in [1.82, 2.24) is 4.98 Å². The van der Waals surface area contributed by atoms with E-state index in [2.05, 4.69) is 20.9 Å². The molecule has 0 spiro atoms. The summed E-state index contributed by atoms with van der Waals surface area (Å²) in [6.45, 7) is 2.03. The van der Waals surface area contributed by atoms with Crippen molar-refractivity contribution in [2.24, 2.45) is 0 Å². The topological polar surface area (TPSA) is 68.1 Å². The van der Waals surface area contributed by atoms with Crippen LogP contribution in [0, 0.1) is 0 Å². The van der Waals surface area contributed by atoms with Gasteiger partial charge in [-0.2, -0.15) is 0 Å². The summed E-state index contributed by atoms with van der Waals surface area (Å²) >= 11 is 9.44. The van der Waals surface area contributed by atoms with E-state index in [1.807, 2.05) is 0 Å². The maximum absolute atomic E-state index is 11.8. The van der Waals surface area contributed by atoms with Gasteiger partial charge in [0, 0.05) is 9.86 Å². The second-order valence-electron chi connectivity index (χ2n) is 3.44. The average molecular weight is 318 g/mol. The maximum Gasteiger partial charge on any atom is 0.342 e. The monoisotopic (exact) mass is 316 g/mol. The second kappa shape index (κ2) is 4.58. The quantitative estimate of drug-likeness (QED) is 0.835. The molecule has 1 heterocycles. The number of nitrogens with one attached hydrogen (secondary N) is 1. The van der Waals surface area contributed by atoms with E-state index < -0.39 is 5.97 Å². The predicted octanol–water partition coefficient (Wildman–Crippen LogP) is 3.34. The number of carbonyl (C=O) groups excluding carboxylic acids is 1. The lowest BCUT2D eigenvalue weighted by atomic mass is 10.1. The molecule has 1 aromatic heterocycles. The fourth-order valence-electron chi connectivity index (χ4n) is 1.68. The number of halogens is 2. The van der Waals surface area contributed by atoms with E-state index in [0.717, 1.165) is 4.47 Å². The van der Waals surface area contributed by atoms with Crippen molar-refractivity contribution >= 4 is 50.2 Å². The number of ether oxygens (including phenoxy) is 1. The Morgan fingerprint density at radius 2 is 2.29 bits per heavy atom. The van der Waals surface area contributed by atoms with Crippen molar-refractivity contribution < 1.29 is 9.53 Å². The Balaban J connectivity index is 2.71. The number of hydrogen-bond acceptors (Lipinski definition) is 3. The van der Waals surface area contributed by atoms with Crippen LogP contribution in [0.2, 0.25) is 5.02 Å². The van der Waals surface area contributed by atoms with Crippen molar-refractivity contribution in [1.29, 1.82) is 0 Å². The summed E-state index contributed by atoms with van der Waals surface area (Å²) in [7, 11) is 0. The molecule has 2 aromatic rings. The molecule has 3 N–H and O–H groups in total. The number of nitrogens with two attached hydrogens (primary N) is 1. The Hall–Kier alpha value is -1.20. The van der Waals surface area contributed by atoms with Crippen LogP contribution in [0.25, 0.3) is 10.9 Å². The Morgan fingerprint density at radius 3 is 2.94 bits per heavy atom. The molecule has 0 aliphatic heterocycles. The van der Waals surface area contributed by atoms with Crippen molar-refractivity contribution in [3.63, 3.8) is 0 Å². The van der Waals surface area contributed by atoms with Crippen LogP contribution in [0.4, 0.5) is 5.82 Å². The molecule has 0 unspecified atom stereocenters. The van der Waals surface area contributed by atoms with Crippen LogP contribution in [-0.4, -0.2) is 17.6 Å². The van der Waals surface area contributed by atoms with Gasteiger partial charge in [0.2, 0.25) is 0 Å². The molecule has 6 heteroatoms. The molecule has 2 rings (SSSR count). The van der Waals surface area contributed by atoms with E-state index in [4.69, 9.17) is 22.1 Å². The minimum Gasteiger partial charge on any atom is -0.462 e. The summed E-state index contributed by atoms with van der Waals surface area (Å²) in [5.41, 5.74) is 6.76. The number of esters is 1. The maximum atomic E-state index is 11.8. The molecule has 1 aromatic carbocycles. The van der Waals surface area contributed by atoms with Crippen molar-refractivity contribution in [2.75, 3.05) is 12.3 Å². The number of anilines is 1. The third-order valence-electron chi connectivity index (χ3n) is 2.32. The van der Waals surface area contributed by atoms with E-state index in [1.165, 1.54) is 0 Å². The number of hydrogen-bond donors (Lipinski definition) is 2. The first kappa shape index (κ1) is 12.3. The molecule has 17 heavy (non-hydrogen) atoms. The fraction of sp³-hybridized carbons (Fsp3) is 0.182. The number of benzene rings is 1. The largest absolute Gasteiger partial charge is 0.462 e. The molecule has 0 saturated carbocycles. The highest BCUT2D eigenvalue weighted by atomic mass is 79.9. The molecule has 0 aliphatic carbocycles. The van der Waals surface area contributed by atoms with Gasteiger partial charge in [0.15, 0.2) is 0 Å². The molecule has 0 amide bonds. The number of rotatable bonds is 2. The van der Waals surface area contributed by atoms with Gasteiger partial charge in [-0.1, -0.05) is 27.5 Å². The second-order valence-corrected chi connectivity index (χ2v) is 4.77. The molecule has 0 aliphatic rings. The number of aromatic nitrogens is 1. The molecule has 0 atom stereocenters. The number of aromatic amines is 1. The normalized spacial score (nSPS) is 10.8. The number of fused-ring (bicyclic) bond motifs is 1. The third-order valence-corrected chi connectivity index (χ3v) is 3.08. The molecule has 0 radical (unpaired) electrons. The third kappa shape index (κ3) is 2.12. The van der Waals surface area contributed by atoms with Gasteiger partial charge in [0.25, 0.3) is 0 Å². The van der Waals surface area contributed by atoms with Gasteiger partial charge in [0.05, 0.1) is 17.1 Å². The Labute approximate surface area is 111 Å².